The second kappa shape index (κ2) is 5.52. The van der Waals surface area contributed by atoms with Crippen LogP contribution >= 0.6 is 11.6 Å². The minimum atomic E-state index is -1.69. The summed E-state index contributed by atoms with van der Waals surface area (Å²) in [4.78, 5) is 28.4. The zero-order valence-electron chi connectivity index (χ0n) is 15.9. The van der Waals surface area contributed by atoms with Crippen molar-refractivity contribution in [1.29, 1.82) is 5.26 Å². The molecule has 1 aromatic carbocycles. The quantitative estimate of drug-likeness (QED) is 0.702. The van der Waals surface area contributed by atoms with Crippen molar-refractivity contribution in [2.45, 2.75) is 44.8 Å². The Bertz CT molecular complexity index is 1060. The van der Waals surface area contributed by atoms with Gasteiger partial charge in [-0.05, 0) is 45.9 Å². The molecular weight excluding hydrogens is 380 g/mol. The number of nitriles is 1. The number of dihydropyridines is 1. The molecule has 1 atom stereocenters. The summed E-state index contributed by atoms with van der Waals surface area (Å²) in [5.74, 6) is -1.04. The predicted octanol–water partition coefficient (Wildman–Crippen LogP) is 2.22. The number of nitrogens with one attached hydrogen (secondary N) is 1. The fraction of sp³-hybridized carbons (Fsp3) is 0.350. The number of nitrogens with two attached hydrogens (primary N) is 1. The lowest BCUT2D eigenvalue weighted by Crippen LogP contribution is -2.51. The second-order valence-electron chi connectivity index (χ2n) is 7.86. The van der Waals surface area contributed by atoms with E-state index in [0.717, 1.165) is 0 Å². The lowest BCUT2D eigenvalue weighted by Gasteiger charge is -2.35. The third-order valence-corrected chi connectivity index (χ3v) is 5.71. The van der Waals surface area contributed by atoms with Crippen LogP contribution in [-0.4, -0.2) is 23.5 Å². The van der Waals surface area contributed by atoms with E-state index in [1.807, 2.05) is 13.8 Å². The number of ether oxygens (including phenoxy) is 1. The fourth-order valence-electron chi connectivity index (χ4n) is 4.38. The molecule has 3 aliphatic rings. The smallest absolute Gasteiger partial charge is 0.338 e. The van der Waals surface area contributed by atoms with Crippen molar-refractivity contribution >= 4 is 29.2 Å². The Balaban J connectivity index is 2.18. The molecule has 1 unspecified atom stereocenters. The molecule has 4 rings (SSSR count). The summed E-state index contributed by atoms with van der Waals surface area (Å²) in [6.07, 6.45) is 0. The molecule has 3 aliphatic heterocycles. The molecule has 0 aliphatic carbocycles. The van der Waals surface area contributed by atoms with Gasteiger partial charge < -0.3 is 20.7 Å². The summed E-state index contributed by atoms with van der Waals surface area (Å²) in [7, 11) is 0. The molecule has 7 nitrogen and oxygen atoms in total. The molecule has 3 N–H and O–H groups in total. The fourth-order valence-corrected chi connectivity index (χ4v) is 4.55. The van der Waals surface area contributed by atoms with E-state index in [2.05, 4.69) is 11.4 Å². The SMILES string of the molecule is CC(C)N1C(=O)C2(C(C#N)=C(N)NC3=C2C(=O)OC3(C)C)c2cc(Cl)ccc21. The molecule has 3 heterocycles. The van der Waals surface area contributed by atoms with Crippen LogP contribution in [0, 0.1) is 11.3 Å². The van der Waals surface area contributed by atoms with Gasteiger partial charge in [-0.25, -0.2) is 4.79 Å². The van der Waals surface area contributed by atoms with E-state index >= 15 is 0 Å². The molecule has 1 spiro atoms. The highest BCUT2D eigenvalue weighted by atomic mass is 35.5. The third kappa shape index (κ3) is 1.98. The molecule has 1 amide bonds. The number of cyclic esters (lactones) is 1. The Morgan fingerprint density at radius 2 is 2.00 bits per heavy atom. The number of esters is 1. The topological polar surface area (TPSA) is 108 Å². The Labute approximate surface area is 167 Å². The van der Waals surface area contributed by atoms with E-state index in [1.54, 1.807) is 36.9 Å². The van der Waals surface area contributed by atoms with Crippen molar-refractivity contribution in [2.75, 3.05) is 4.90 Å². The minimum absolute atomic E-state index is 0.0255. The largest absolute Gasteiger partial charge is 0.450 e. The van der Waals surface area contributed by atoms with Crippen LogP contribution < -0.4 is 16.0 Å². The van der Waals surface area contributed by atoms with Crippen molar-refractivity contribution in [3.05, 3.63) is 51.4 Å². The van der Waals surface area contributed by atoms with Gasteiger partial charge in [-0.15, -0.1) is 0 Å². The number of hydrogen-bond acceptors (Lipinski definition) is 6. The van der Waals surface area contributed by atoms with Gasteiger partial charge in [0.05, 0.1) is 16.8 Å². The molecule has 28 heavy (non-hydrogen) atoms. The first-order valence-corrected chi connectivity index (χ1v) is 9.24. The molecule has 0 fully saturated rings. The Morgan fingerprint density at radius 3 is 2.61 bits per heavy atom. The van der Waals surface area contributed by atoms with Gasteiger partial charge in [-0.2, -0.15) is 5.26 Å². The Morgan fingerprint density at radius 1 is 1.32 bits per heavy atom. The number of fused-ring (bicyclic) bond motifs is 3. The molecule has 0 saturated carbocycles. The number of nitrogens with zero attached hydrogens (tertiary/aromatic N) is 2. The van der Waals surface area contributed by atoms with Crippen molar-refractivity contribution in [2.24, 2.45) is 5.73 Å². The average molecular weight is 399 g/mol. The maximum atomic E-state index is 13.9. The van der Waals surface area contributed by atoms with Crippen molar-refractivity contribution in [3.8, 4) is 6.07 Å². The van der Waals surface area contributed by atoms with Gasteiger partial charge in [0, 0.05) is 22.3 Å². The number of benzene rings is 1. The summed E-state index contributed by atoms with van der Waals surface area (Å²) in [6.45, 7) is 7.14. The third-order valence-electron chi connectivity index (χ3n) is 5.47. The van der Waals surface area contributed by atoms with Crippen molar-refractivity contribution in [1.82, 2.24) is 5.32 Å². The van der Waals surface area contributed by atoms with Crippen LogP contribution in [-0.2, 0) is 19.7 Å². The van der Waals surface area contributed by atoms with Gasteiger partial charge in [0.15, 0.2) is 0 Å². The standard InChI is InChI=1S/C20H19ClN4O3/c1-9(2)25-13-6-5-10(21)7-11(13)20(18(25)27)12(8-22)16(23)24-15-14(20)17(26)28-19(15,3)4/h5-7,9,24H,23H2,1-4H3. The zero-order chi connectivity index (χ0) is 20.6. The molecule has 0 radical (unpaired) electrons. The van der Waals surface area contributed by atoms with Gasteiger partial charge in [-0.1, -0.05) is 11.6 Å². The van der Waals surface area contributed by atoms with Gasteiger partial charge in [-0.3, -0.25) is 4.79 Å². The summed E-state index contributed by atoms with van der Waals surface area (Å²) >= 11 is 6.26. The van der Waals surface area contributed by atoms with Gasteiger partial charge >= 0.3 is 5.97 Å². The number of halogens is 1. The van der Waals surface area contributed by atoms with Crippen molar-refractivity contribution in [3.63, 3.8) is 0 Å². The van der Waals surface area contributed by atoms with E-state index in [9.17, 15) is 14.9 Å². The number of amides is 1. The zero-order valence-corrected chi connectivity index (χ0v) is 16.6. The maximum Gasteiger partial charge on any atom is 0.338 e. The first kappa shape index (κ1) is 18.4. The van der Waals surface area contributed by atoms with E-state index < -0.39 is 22.9 Å². The van der Waals surface area contributed by atoms with E-state index in [-0.39, 0.29) is 23.0 Å². The first-order valence-electron chi connectivity index (χ1n) is 8.87. The summed E-state index contributed by atoms with van der Waals surface area (Å²) in [5.41, 5.74) is 4.99. The summed E-state index contributed by atoms with van der Waals surface area (Å²) in [5, 5.41) is 13.3. The van der Waals surface area contributed by atoms with Crippen molar-refractivity contribution < 1.29 is 14.3 Å². The van der Waals surface area contributed by atoms with Crippen LogP contribution in [0.3, 0.4) is 0 Å². The van der Waals surface area contributed by atoms with Crippen LogP contribution in [0.2, 0.25) is 5.02 Å². The summed E-state index contributed by atoms with van der Waals surface area (Å²) < 4.78 is 5.54. The lowest BCUT2D eigenvalue weighted by molar-refractivity contribution is -0.145. The molecule has 0 bridgehead atoms. The predicted molar refractivity (Wildman–Crippen MR) is 103 cm³/mol. The molecule has 0 saturated heterocycles. The number of carbonyl (C=O) groups is 2. The summed E-state index contributed by atoms with van der Waals surface area (Å²) in [6, 6.07) is 6.87. The van der Waals surface area contributed by atoms with Crippen LogP contribution in [0.25, 0.3) is 0 Å². The van der Waals surface area contributed by atoms with Crippen LogP contribution in [0.5, 0.6) is 0 Å². The molecule has 8 heteroatoms. The number of anilines is 1. The number of carbonyl (C=O) groups excluding carboxylic acids is 2. The van der Waals surface area contributed by atoms with Gasteiger partial charge in [0.25, 0.3) is 0 Å². The average Bonchev–Trinajstić information content (AvgIpc) is 2.97. The molecule has 0 aromatic heterocycles. The van der Waals surface area contributed by atoms with Crippen LogP contribution in [0.1, 0.15) is 33.3 Å². The normalized spacial score (nSPS) is 25.1. The highest BCUT2D eigenvalue weighted by Crippen LogP contribution is 2.57. The maximum absolute atomic E-state index is 13.9. The van der Waals surface area contributed by atoms with Gasteiger partial charge in [0.2, 0.25) is 5.91 Å². The highest BCUT2D eigenvalue weighted by molar-refractivity contribution is 6.31. The second-order valence-corrected chi connectivity index (χ2v) is 8.29. The van der Waals surface area contributed by atoms with E-state index in [4.69, 9.17) is 22.1 Å². The number of rotatable bonds is 1. The molecule has 144 valence electrons. The van der Waals surface area contributed by atoms with E-state index in [0.29, 0.717) is 22.0 Å². The Hall–Kier alpha value is -2.98. The lowest BCUT2D eigenvalue weighted by atomic mass is 9.67. The number of hydrogen-bond donors (Lipinski definition) is 2. The molecular formula is C20H19ClN4O3. The van der Waals surface area contributed by atoms with Gasteiger partial charge in [0.1, 0.15) is 22.9 Å². The first-order chi connectivity index (χ1) is 13.1. The minimum Gasteiger partial charge on any atom is -0.450 e. The van der Waals surface area contributed by atoms with Crippen LogP contribution in [0.4, 0.5) is 5.69 Å². The Kier molecular flexibility index (Phi) is 3.62. The van der Waals surface area contributed by atoms with Crippen LogP contribution in [0.15, 0.2) is 40.9 Å². The van der Waals surface area contributed by atoms with E-state index in [1.165, 1.54) is 0 Å². The highest BCUT2D eigenvalue weighted by Gasteiger charge is 2.65. The molecule has 1 aromatic rings. The monoisotopic (exact) mass is 398 g/mol.